The van der Waals surface area contributed by atoms with Gasteiger partial charge in [-0.1, -0.05) is 46.3 Å². The molecule has 0 spiro atoms. The fourth-order valence-electron chi connectivity index (χ4n) is 8.89. The number of hydrogen-bond donors (Lipinski definition) is 1. The summed E-state index contributed by atoms with van der Waals surface area (Å²) in [5.74, 6) is 2.12. The molecule has 0 amide bonds. The molecular formula is C28H45NO2. The number of rotatable bonds is 3. The summed E-state index contributed by atoms with van der Waals surface area (Å²) in [5.41, 5.74) is 5.95. The summed E-state index contributed by atoms with van der Waals surface area (Å²) in [6.07, 6.45) is 11.0. The molecule has 0 aromatic rings. The third-order valence-electron chi connectivity index (χ3n) is 10.8. The first-order valence-electron chi connectivity index (χ1n) is 13.1. The van der Waals surface area contributed by atoms with E-state index in [4.69, 9.17) is 4.74 Å². The Labute approximate surface area is 190 Å². The van der Waals surface area contributed by atoms with Crippen LogP contribution in [0.2, 0.25) is 0 Å². The van der Waals surface area contributed by atoms with E-state index >= 15 is 0 Å². The Hall–Kier alpha value is -0.640. The van der Waals surface area contributed by atoms with Gasteiger partial charge in [0.15, 0.2) is 0 Å². The summed E-state index contributed by atoms with van der Waals surface area (Å²) in [5, 5.41) is 10.8. The Morgan fingerprint density at radius 2 is 1.81 bits per heavy atom. The summed E-state index contributed by atoms with van der Waals surface area (Å²) in [4.78, 5) is 2.63. The van der Waals surface area contributed by atoms with E-state index in [1.165, 1.54) is 45.1 Å². The average molecular weight is 428 g/mol. The van der Waals surface area contributed by atoms with Gasteiger partial charge in [0.2, 0.25) is 0 Å². The molecule has 0 aromatic carbocycles. The molecule has 5 aliphatic rings. The molecule has 0 bridgehead atoms. The van der Waals surface area contributed by atoms with E-state index in [9.17, 15) is 5.11 Å². The molecule has 6 atom stereocenters. The average Bonchev–Trinajstić information content (AvgIpc) is 3.09. The summed E-state index contributed by atoms with van der Waals surface area (Å²) in [6.45, 7) is 17.5. The highest BCUT2D eigenvalue weighted by atomic mass is 16.5. The molecule has 1 N–H and O–H groups in total. The zero-order chi connectivity index (χ0) is 22.0. The summed E-state index contributed by atoms with van der Waals surface area (Å²) >= 11 is 0. The fraction of sp³-hybridized carbons (Fsp3) is 0.857. The van der Waals surface area contributed by atoms with E-state index < -0.39 is 0 Å². The van der Waals surface area contributed by atoms with Crippen LogP contribution in [0.25, 0.3) is 0 Å². The SMILES string of the molecule is C[C@H](CN1CCOCC1)[C@H]1CC=C2C3=C(CC[C@@]21C)[C@@]1(C)CC[C@H](O)C(C)(C)[C@@H]1CC3. The van der Waals surface area contributed by atoms with Gasteiger partial charge in [-0.15, -0.1) is 0 Å². The van der Waals surface area contributed by atoms with Crippen LogP contribution in [0.1, 0.15) is 79.6 Å². The molecule has 0 unspecified atom stereocenters. The molecule has 1 aliphatic heterocycles. The van der Waals surface area contributed by atoms with Crippen LogP contribution in [0.5, 0.6) is 0 Å². The lowest BCUT2D eigenvalue weighted by atomic mass is 9.46. The Morgan fingerprint density at radius 3 is 2.55 bits per heavy atom. The van der Waals surface area contributed by atoms with Gasteiger partial charge in [0.05, 0.1) is 19.3 Å². The molecule has 3 heteroatoms. The third-order valence-corrected chi connectivity index (χ3v) is 10.8. The summed E-state index contributed by atoms with van der Waals surface area (Å²) in [7, 11) is 0. The van der Waals surface area contributed by atoms with Crippen molar-refractivity contribution in [2.45, 2.75) is 85.7 Å². The zero-order valence-electron chi connectivity index (χ0n) is 20.7. The van der Waals surface area contributed by atoms with Gasteiger partial charge in [-0.05, 0) is 90.1 Å². The highest BCUT2D eigenvalue weighted by Crippen LogP contribution is 2.66. The molecule has 31 heavy (non-hydrogen) atoms. The highest BCUT2D eigenvalue weighted by molar-refractivity contribution is 5.49. The lowest BCUT2D eigenvalue weighted by Crippen LogP contribution is -2.53. The lowest BCUT2D eigenvalue weighted by Gasteiger charge is -2.59. The van der Waals surface area contributed by atoms with Crippen molar-refractivity contribution in [1.29, 1.82) is 0 Å². The van der Waals surface area contributed by atoms with Crippen molar-refractivity contribution in [2.24, 2.45) is 34.0 Å². The molecule has 5 rings (SSSR count). The minimum atomic E-state index is -0.141. The van der Waals surface area contributed by atoms with E-state index in [0.29, 0.717) is 11.3 Å². The first-order chi connectivity index (χ1) is 14.7. The largest absolute Gasteiger partial charge is 0.393 e. The quantitative estimate of drug-likeness (QED) is 0.637. The van der Waals surface area contributed by atoms with Crippen molar-refractivity contribution in [3.05, 3.63) is 22.8 Å². The lowest BCUT2D eigenvalue weighted by molar-refractivity contribution is -0.0905. The van der Waals surface area contributed by atoms with Crippen molar-refractivity contribution < 1.29 is 9.84 Å². The number of aliphatic hydroxyl groups is 1. The van der Waals surface area contributed by atoms with Crippen LogP contribution in [0.15, 0.2) is 22.8 Å². The third kappa shape index (κ3) is 3.32. The maximum Gasteiger partial charge on any atom is 0.0594 e. The predicted molar refractivity (Wildman–Crippen MR) is 127 cm³/mol. The first-order valence-corrected chi connectivity index (χ1v) is 13.1. The minimum Gasteiger partial charge on any atom is -0.393 e. The van der Waals surface area contributed by atoms with Crippen LogP contribution in [-0.4, -0.2) is 49.0 Å². The minimum absolute atomic E-state index is 0.0333. The molecule has 174 valence electrons. The van der Waals surface area contributed by atoms with Gasteiger partial charge in [-0.2, -0.15) is 0 Å². The van der Waals surface area contributed by atoms with Gasteiger partial charge in [-0.25, -0.2) is 0 Å². The Morgan fingerprint density at radius 1 is 1.06 bits per heavy atom. The number of hydrogen-bond acceptors (Lipinski definition) is 3. The summed E-state index contributed by atoms with van der Waals surface area (Å²) in [6, 6.07) is 0. The monoisotopic (exact) mass is 427 g/mol. The number of nitrogens with zero attached hydrogens (tertiary/aromatic N) is 1. The number of allylic oxidation sites excluding steroid dienone is 4. The van der Waals surface area contributed by atoms with Gasteiger partial charge < -0.3 is 9.84 Å². The van der Waals surface area contributed by atoms with Gasteiger partial charge in [0.1, 0.15) is 0 Å². The Kier molecular flexibility index (Phi) is 5.51. The van der Waals surface area contributed by atoms with Crippen LogP contribution in [0.3, 0.4) is 0 Å². The Bertz CT molecular complexity index is 776. The van der Waals surface area contributed by atoms with E-state index in [2.05, 4.69) is 45.6 Å². The van der Waals surface area contributed by atoms with E-state index in [1.807, 2.05) is 0 Å². The van der Waals surface area contributed by atoms with Crippen LogP contribution >= 0.6 is 0 Å². The smallest absolute Gasteiger partial charge is 0.0594 e. The Balaban J connectivity index is 1.40. The summed E-state index contributed by atoms with van der Waals surface area (Å²) < 4.78 is 5.57. The number of morpholine rings is 1. The predicted octanol–water partition coefficient (Wildman–Crippen LogP) is 5.59. The van der Waals surface area contributed by atoms with Crippen molar-refractivity contribution in [3.8, 4) is 0 Å². The van der Waals surface area contributed by atoms with E-state index in [1.54, 1.807) is 16.7 Å². The normalized spacial score (nSPS) is 43.7. The zero-order valence-corrected chi connectivity index (χ0v) is 20.7. The molecule has 1 saturated carbocycles. The van der Waals surface area contributed by atoms with Crippen LogP contribution < -0.4 is 0 Å². The molecular weight excluding hydrogens is 382 g/mol. The van der Waals surface area contributed by atoms with Gasteiger partial charge >= 0.3 is 0 Å². The van der Waals surface area contributed by atoms with Crippen molar-refractivity contribution >= 4 is 0 Å². The molecule has 0 radical (unpaired) electrons. The standard InChI is InChI=1S/C28H45NO2/c1-19(18-29-14-16-31-17-15-29)21-7-8-22-20-6-9-24-26(2,3)25(30)11-13-28(24,5)23(20)10-12-27(21,22)4/h8,19,21,24-25,30H,6-7,9-18H2,1-5H3/t19-,21-,24+,25+,27-,28-/m1/s1. The molecule has 1 saturated heterocycles. The molecule has 4 aliphatic carbocycles. The van der Waals surface area contributed by atoms with Gasteiger partial charge in [0.25, 0.3) is 0 Å². The first kappa shape index (κ1) is 22.2. The number of fused-ring (bicyclic) bond motifs is 4. The van der Waals surface area contributed by atoms with Gasteiger partial charge in [-0.3, -0.25) is 4.90 Å². The van der Waals surface area contributed by atoms with E-state index in [0.717, 1.165) is 44.6 Å². The number of ether oxygens (including phenoxy) is 1. The topological polar surface area (TPSA) is 32.7 Å². The van der Waals surface area contributed by atoms with Crippen LogP contribution in [-0.2, 0) is 4.74 Å². The van der Waals surface area contributed by atoms with Gasteiger partial charge in [0, 0.05) is 19.6 Å². The fourth-order valence-corrected chi connectivity index (χ4v) is 8.89. The molecule has 3 nitrogen and oxygen atoms in total. The highest BCUT2D eigenvalue weighted by Gasteiger charge is 2.57. The second-order valence-electron chi connectivity index (χ2n) is 12.6. The van der Waals surface area contributed by atoms with E-state index in [-0.39, 0.29) is 16.9 Å². The molecule has 2 fully saturated rings. The maximum atomic E-state index is 10.8. The van der Waals surface area contributed by atoms with Crippen molar-refractivity contribution in [2.75, 3.05) is 32.8 Å². The maximum absolute atomic E-state index is 10.8. The van der Waals surface area contributed by atoms with Crippen LogP contribution in [0.4, 0.5) is 0 Å². The second kappa shape index (κ2) is 7.71. The van der Waals surface area contributed by atoms with Crippen molar-refractivity contribution in [1.82, 2.24) is 4.90 Å². The second-order valence-corrected chi connectivity index (χ2v) is 12.6. The molecule has 0 aromatic heterocycles. The number of aliphatic hydroxyl groups excluding tert-OH is 1. The molecule has 1 heterocycles. The van der Waals surface area contributed by atoms with Crippen LogP contribution in [0, 0.1) is 34.0 Å². The van der Waals surface area contributed by atoms with Crippen molar-refractivity contribution in [3.63, 3.8) is 0 Å².